The van der Waals surface area contributed by atoms with Gasteiger partial charge in [-0.25, -0.2) is 0 Å². The van der Waals surface area contributed by atoms with Gasteiger partial charge in [-0.05, 0) is 77.0 Å². The molecule has 0 aliphatic carbocycles. The van der Waals surface area contributed by atoms with Crippen LogP contribution in [0.25, 0.3) is 0 Å². The van der Waals surface area contributed by atoms with Crippen LogP contribution in [0.3, 0.4) is 0 Å². The van der Waals surface area contributed by atoms with Crippen LogP contribution in [0.1, 0.15) is 361 Å². The molecule has 0 heterocycles. The van der Waals surface area contributed by atoms with Crippen molar-refractivity contribution in [3.05, 3.63) is 24.3 Å². The Morgan fingerprint density at radius 1 is 0.375 bits per heavy atom. The van der Waals surface area contributed by atoms with E-state index in [2.05, 4.69) is 43.5 Å². The molecule has 1 amide bonds. The molecular formula is C66H127NO5. The van der Waals surface area contributed by atoms with Crippen molar-refractivity contribution in [2.45, 2.75) is 373 Å². The molecule has 6 nitrogen and oxygen atoms in total. The Morgan fingerprint density at radius 3 is 0.986 bits per heavy atom. The van der Waals surface area contributed by atoms with Crippen molar-refractivity contribution in [2.75, 3.05) is 13.2 Å². The average Bonchev–Trinajstić information content (AvgIpc) is 3.38. The van der Waals surface area contributed by atoms with E-state index in [4.69, 9.17) is 4.74 Å². The Labute approximate surface area is 450 Å². The van der Waals surface area contributed by atoms with Gasteiger partial charge in [-0.1, -0.05) is 295 Å². The number of amides is 1. The molecule has 0 aliphatic rings. The van der Waals surface area contributed by atoms with E-state index in [1.165, 1.54) is 283 Å². The van der Waals surface area contributed by atoms with Crippen LogP contribution in [0.2, 0.25) is 0 Å². The van der Waals surface area contributed by atoms with Crippen LogP contribution in [0.5, 0.6) is 0 Å². The van der Waals surface area contributed by atoms with Gasteiger partial charge in [0.1, 0.15) is 0 Å². The van der Waals surface area contributed by atoms with Crippen molar-refractivity contribution >= 4 is 11.9 Å². The number of esters is 1. The summed E-state index contributed by atoms with van der Waals surface area (Å²) in [5.74, 6) is -0.0250. The fourth-order valence-corrected chi connectivity index (χ4v) is 10.2. The van der Waals surface area contributed by atoms with E-state index < -0.39 is 12.1 Å². The first-order chi connectivity index (χ1) is 35.5. The molecule has 0 aromatic heterocycles. The number of hydrogen-bond acceptors (Lipinski definition) is 5. The molecule has 426 valence electrons. The molecule has 0 fully saturated rings. The first-order valence-electron chi connectivity index (χ1n) is 32.6. The van der Waals surface area contributed by atoms with Gasteiger partial charge in [-0.15, -0.1) is 0 Å². The number of carbonyl (C=O) groups excluding carboxylic acids is 2. The molecule has 2 atom stereocenters. The number of aliphatic hydroxyl groups is 2. The zero-order chi connectivity index (χ0) is 52.2. The molecule has 72 heavy (non-hydrogen) atoms. The molecule has 0 aliphatic heterocycles. The second-order valence-electron chi connectivity index (χ2n) is 22.4. The molecule has 6 heteroatoms. The Morgan fingerprint density at radius 2 is 0.653 bits per heavy atom. The van der Waals surface area contributed by atoms with Crippen LogP contribution in [-0.4, -0.2) is 47.4 Å². The highest BCUT2D eigenvalue weighted by molar-refractivity contribution is 5.76. The van der Waals surface area contributed by atoms with Crippen LogP contribution in [0.15, 0.2) is 24.3 Å². The van der Waals surface area contributed by atoms with Crippen molar-refractivity contribution in [3.63, 3.8) is 0 Å². The highest BCUT2D eigenvalue weighted by Gasteiger charge is 2.20. The monoisotopic (exact) mass is 1010 g/mol. The maximum Gasteiger partial charge on any atom is 0.305 e. The number of hydrogen-bond donors (Lipinski definition) is 3. The van der Waals surface area contributed by atoms with E-state index in [-0.39, 0.29) is 18.5 Å². The van der Waals surface area contributed by atoms with Gasteiger partial charge in [0.2, 0.25) is 5.91 Å². The second kappa shape index (κ2) is 61.9. The fourth-order valence-electron chi connectivity index (χ4n) is 10.2. The number of aliphatic hydroxyl groups excluding tert-OH is 2. The van der Waals surface area contributed by atoms with Gasteiger partial charge in [0.05, 0.1) is 25.4 Å². The lowest BCUT2D eigenvalue weighted by Crippen LogP contribution is -2.45. The third kappa shape index (κ3) is 57.6. The van der Waals surface area contributed by atoms with Gasteiger partial charge in [-0.2, -0.15) is 0 Å². The van der Waals surface area contributed by atoms with Crippen molar-refractivity contribution in [2.24, 2.45) is 0 Å². The highest BCUT2D eigenvalue weighted by atomic mass is 16.5. The summed E-state index contributed by atoms with van der Waals surface area (Å²) in [6.45, 7) is 4.96. The number of ether oxygens (including phenoxy) is 1. The standard InChI is InChI=1S/C66H127NO5/c1-3-5-7-9-11-13-15-17-36-40-44-48-52-56-60-66(71)72-61-57-53-49-45-41-37-34-32-30-28-26-24-22-20-18-19-21-23-25-27-29-31-33-35-39-43-47-51-55-59-65(70)67-63(62-68)64(69)58-54-50-46-42-38-16-14-12-10-8-6-4-2/h15,17-18,20,63-64,68-69H,3-14,16,19,21-62H2,1-2H3,(H,67,70)/b17-15-,20-18-. The number of nitrogens with one attached hydrogen (secondary N) is 1. The minimum absolute atomic E-state index is 0.00824. The van der Waals surface area contributed by atoms with Gasteiger partial charge in [0, 0.05) is 12.8 Å². The summed E-state index contributed by atoms with van der Waals surface area (Å²) in [5.41, 5.74) is 0. The van der Waals surface area contributed by atoms with Crippen LogP contribution < -0.4 is 5.32 Å². The Balaban J connectivity index is 3.35. The van der Waals surface area contributed by atoms with Gasteiger partial charge in [0.25, 0.3) is 0 Å². The van der Waals surface area contributed by atoms with Crippen LogP contribution >= 0.6 is 0 Å². The number of allylic oxidation sites excluding steroid dienone is 4. The van der Waals surface area contributed by atoms with Crippen molar-refractivity contribution in [1.29, 1.82) is 0 Å². The Bertz CT molecular complexity index is 1120. The van der Waals surface area contributed by atoms with Gasteiger partial charge in [0.15, 0.2) is 0 Å². The van der Waals surface area contributed by atoms with Crippen molar-refractivity contribution in [3.8, 4) is 0 Å². The third-order valence-electron chi connectivity index (χ3n) is 15.2. The van der Waals surface area contributed by atoms with Gasteiger partial charge in [-0.3, -0.25) is 9.59 Å². The molecule has 0 aromatic rings. The SMILES string of the molecule is CCCCCCC/C=C\CCCCCCCC(=O)OCCCCCCCCCCCCCC/C=C\CCCCCCCCCCCCCCCC(=O)NC(CO)C(O)CCCCCCCCCCCCCC. The van der Waals surface area contributed by atoms with E-state index in [1.54, 1.807) is 0 Å². The zero-order valence-corrected chi connectivity index (χ0v) is 48.7. The minimum atomic E-state index is -0.662. The van der Waals surface area contributed by atoms with E-state index >= 15 is 0 Å². The maximum atomic E-state index is 12.5. The number of unbranched alkanes of at least 4 members (excludes halogenated alkanes) is 46. The highest BCUT2D eigenvalue weighted by Crippen LogP contribution is 2.18. The van der Waals surface area contributed by atoms with Gasteiger partial charge >= 0.3 is 5.97 Å². The smallest absolute Gasteiger partial charge is 0.305 e. The summed E-state index contributed by atoms with van der Waals surface area (Å²) in [5, 5.41) is 23.2. The zero-order valence-electron chi connectivity index (χ0n) is 48.7. The van der Waals surface area contributed by atoms with E-state index in [1.807, 2.05) is 0 Å². The Hall–Kier alpha value is -1.66. The summed E-state index contributed by atoms with van der Waals surface area (Å²) in [4.78, 5) is 24.5. The molecule has 0 aromatic carbocycles. The quantitative estimate of drug-likeness (QED) is 0.0320. The molecule has 0 radical (unpaired) electrons. The predicted molar refractivity (Wildman–Crippen MR) is 315 cm³/mol. The van der Waals surface area contributed by atoms with E-state index in [0.717, 1.165) is 44.9 Å². The molecule has 0 saturated carbocycles. The summed E-state index contributed by atoms with van der Waals surface area (Å²) in [6, 6.07) is -0.539. The van der Waals surface area contributed by atoms with E-state index in [0.29, 0.717) is 25.9 Å². The molecule has 3 N–H and O–H groups in total. The van der Waals surface area contributed by atoms with Crippen LogP contribution in [0.4, 0.5) is 0 Å². The lowest BCUT2D eigenvalue weighted by Gasteiger charge is -2.22. The lowest BCUT2D eigenvalue weighted by atomic mass is 10.0. The van der Waals surface area contributed by atoms with Gasteiger partial charge < -0.3 is 20.3 Å². The van der Waals surface area contributed by atoms with Crippen LogP contribution in [0, 0.1) is 0 Å². The van der Waals surface area contributed by atoms with Crippen molar-refractivity contribution < 1.29 is 24.5 Å². The lowest BCUT2D eigenvalue weighted by molar-refractivity contribution is -0.143. The molecule has 0 rings (SSSR count). The first-order valence-corrected chi connectivity index (χ1v) is 32.6. The summed E-state index contributed by atoms with van der Waals surface area (Å²) >= 11 is 0. The normalized spacial score (nSPS) is 12.7. The Kier molecular flexibility index (Phi) is 60.5. The topological polar surface area (TPSA) is 95.9 Å². The molecule has 2 unspecified atom stereocenters. The maximum absolute atomic E-state index is 12.5. The summed E-state index contributed by atoms with van der Waals surface area (Å²) in [7, 11) is 0. The largest absolute Gasteiger partial charge is 0.466 e. The van der Waals surface area contributed by atoms with Crippen molar-refractivity contribution in [1.82, 2.24) is 5.32 Å². The summed E-state index contributed by atoms with van der Waals surface area (Å²) < 4.78 is 5.48. The second-order valence-corrected chi connectivity index (χ2v) is 22.4. The van der Waals surface area contributed by atoms with Crippen LogP contribution in [-0.2, 0) is 14.3 Å². The molecule has 0 saturated heterocycles. The predicted octanol–water partition coefficient (Wildman–Crippen LogP) is 20.6. The van der Waals surface area contributed by atoms with E-state index in [9.17, 15) is 19.8 Å². The fraction of sp³-hybridized carbons (Fsp3) is 0.909. The third-order valence-corrected chi connectivity index (χ3v) is 15.2. The number of rotatable bonds is 61. The molecular weight excluding hydrogens is 887 g/mol. The number of carbonyl (C=O) groups is 2. The molecule has 0 spiro atoms. The molecule has 0 bridgehead atoms. The summed E-state index contributed by atoms with van der Waals surface area (Å²) in [6.07, 6.45) is 76.4. The minimum Gasteiger partial charge on any atom is -0.466 e. The average molecular weight is 1010 g/mol. The first kappa shape index (κ1) is 70.3.